The average molecular weight is 264 g/mol. The van der Waals surface area contributed by atoms with Crippen LogP contribution in [0.15, 0.2) is 18.5 Å². The van der Waals surface area contributed by atoms with Crippen molar-refractivity contribution in [3.63, 3.8) is 0 Å². The van der Waals surface area contributed by atoms with Gasteiger partial charge in [0.15, 0.2) is 0 Å². The molecule has 2 aromatic heterocycles. The number of amides is 2. The van der Waals surface area contributed by atoms with Crippen LogP contribution in [0.25, 0.3) is 10.1 Å². The number of nitrogens with zero attached hydrogens (tertiary/aromatic N) is 1. The molecule has 0 aliphatic carbocycles. The SMILES string of the molecule is NC(=O)CCNC(=O)c1sc2cnccc2c1N. The number of rotatable bonds is 4. The molecule has 2 rings (SSSR count). The number of pyridine rings is 1. The predicted molar refractivity (Wildman–Crippen MR) is 70.2 cm³/mol. The summed E-state index contributed by atoms with van der Waals surface area (Å²) in [6.07, 6.45) is 3.40. The minimum absolute atomic E-state index is 0.109. The summed E-state index contributed by atoms with van der Waals surface area (Å²) in [6, 6.07) is 1.77. The Morgan fingerprint density at radius 2 is 2.22 bits per heavy atom. The number of nitrogen functional groups attached to an aromatic ring is 1. The molecule has 6 nitrogen and oxygen atoms in total. The van der Waals surface area contributed by atoms with Gasteiger partial charge in [0.25, 0.3) is 5.91 Å². The maximum absolute atomic E-state index is 11.9. The van der Waals surface area contributed by atoms with Gasteiger partial charge in [0, 0.05) is 30.7 Å². The second-order valence-corrected chi connectivity index (χ2v) is 4.74. The van der Waals surface area contributed by atoms with Crippen LogP contribution >= 0.6 is 11.3 Å². The molecule has 94 valence electrons. The third-order valence-corrected chi connectivity index (χ3v) is 3.55. The average Bonchev–Trinajstić information content (AvgIpc) is 2.67. The van der Waals surface area contributed by atoms with Gasteiger partial charge in [-0.05, 0) is 6.07 Å². The monoisotopic (exact) mass is 264 g/mol. The van der Waals surface area contributed by atoms with Crippen molar-refractivity contribution in [2.45, 2.75) is 6.42 Å². The molecular weight excluding hydrogens is 252 g/mol. The van der Waals surface area contributed by atoms with Crippen LogP contribution in [-0.2, 0) is 4.79 Å². The molecule has 0 saturated heterocycles. The van der Waals surface area contributed by atoms with E-state index in [0.717, 1.165) is 10.1 Å². The molecule has 0 aliphatic heterocycles. The second-order valence-electron chi connectivity index (χ2n) is 3.69. The van der Waals surface area contributed by atoms with Gasteiger partial charge in [-0.15, -0.1) is 11.3 Å². The first-order chi connectivity index (χ1) is 8.59. The maximum Gasteiger partial charge on any atom is 0.263 e. The Morgan fingerprint density at radius 3 is 2.89 bits per heavy atom. The van der Waals surface area contributed by atoms with E-state index in [1.807, 2.05) is 0 Å². The van der Waals surface area contributed by atoms with E-state index in [9.17, 15) is 9.59 Å². The van der Waals surface area contributed by atoms with Crippen LogP contribution in [0.5, 0.6) is 0 Å². The van der Waals surface area contributed by atoms with Crippen LogP contribution in [0.1, 0.15) is 16.1 Å². The highest BCUT2D eigenvalue weighted by atomic mass is 32.1. The second kappa shape index (κ2) is 5.01. The van der Waals surface area contributed by atoms with E-state index in [1.165, 1.54) is 11.3 Å². The zero-order chi connectivity index (χ0) is 13.1. The fraction of sp³-hybridized carbons (Fsp3) is 0.182. The molecule has 0 radical (unpaired) electrons. The van der Waals surface area contributed by atoms with E-state index in [-0.39, 0.29) is 18.9 Å². The van der Waals surface area contributed by atoms with Crippen molar-refractivity contribution in [1.29, 1.82) is 0 Å². The Hall–Kier alpha value is -2.15. The molecule has 0 fully saturated rings. The van der Waals surface area contributed by atoms with E-state index in [2.05, 4.69) is 10.3 Å². The number of carbonyl (C=O) groups excluding carboxylic acids is 2. The first-order valence-electron chi connectivity index (χ1n) is 5.28. The number of anilines is 1. The van der Waals surface area contributed by atoms with Gasteiger partial charge in [-0.3, -0.25) is 14.6 Å². The lowest BCUT2D eigenvalue weighted by Gasteiger charge is -2.02. The van der Waals surface area contributed by atoms with Gasteiger partial charge in [-0.2, -0.15) is 0 Å². The summed E-state index contributed by atoms with van der Waals surface area (Å²) in [6.45, 7) is 0.208. The molecule has 0 atom stereocenters. The van der Waals surface area contributed by atoms with E-state index in [1.54, 1.807) is 18.5 Å². The van der Waals surface area contributed by atoms with Crippen LogP contribution in [0.2, 0.25) is 0 Å². The number of hydrogen-bond donors (Lipinski definition) is 3. The molecule has 18 heavy (non-hydrogen) atoms. The maximum atomic E-state index is 11.9. The number of nitrogens with two attached hydrogens (primary N) is 2. The molecule has 0 unspecified atom stereocenters. The molecule has 0 bridgehead atoms. The quantitative estimate of drug-likeness (QED) is 0.745. The Morgan fingerprint density at radius 1 is 1.44 bits per heavy atom. The number of carbonyl (C=O) groups is 2. The van der Waals surface area contributed by atoms with Gasteiger partial charge in [0.2, 0.25) is 5.91 Å². The van der Waals surface area contributed by atoms with Crippen molar-refractivity contribution in [3.8, 4) is 0 Å². The zero-order valence-electron chi connectivity index (χ0n) is 9.47. The molecule has 2 heterocycles. The highest BCUT2D eigenvalue weighted by Gasteiger charge is 2.15. The van der Waals surface area contributed by atoms with Crippen LogP contribution in [0.3, 0.4) is 0 Å². The molecule has 2 amide bonds. The Bertz CT molecular complexity index is 608. The minimum atomic E-state index is -0.455. The van der Waals surface area contributed by atoms with Gasteiger partial charge >= 0.3 is 0 Å². The Balaban J connectivity index is 2.17. The van der Waals surface area contributed by atoms with Crippen molar-refractivity contribution in [2.75, 3.05) is 12.3 Å². The van der Waals surface area contributed by atoms with Crippen molar-refractivity contribution in [3.05, 3.63) is 23.3 Å². The number of fused-ring (bicyclic) bond motifs is 1. The topological polar surface area (TPSA) is 111 Å². The molecule has 7 heteroatoms. The van der Waals surface area contributed by atoms with Crippen molar-refractivity contribution < 1.29 is 9.59 Å². The van der Waals surface area contributed by atoms with E-state index in [4.69, 9.17) is 11.5 Å². The largest absolute Gasteiger partial charge is 0.397 e. The minimum Gasteiger partial charge on any atom is -0.397 e. The van der Waals surface area contributed by atoms with Gasteiger partial charge < -0.3 is 16.8 Å². The number of nitrogens with one attached hydrogen (secondary N) is 1. The van der Waals surface area contributed by atoms with E-state index >= 15 is 0 Å². The van der Waals surface area contributed by atoms with Crippen LogP contribution in [-0.4, -0.2) is 23.3 Å². The lowest BCUT2D eigenvalue weighted by atomic mass is 10.2. The van der Waals surface area contributed by atoms with Gasteiger partial charge in [0.1, 0.15) is 4.88 Å². The smallest absolute Gasteiger partial charge is 0.263 e. The predicted octanol–water partition coefficient (Wildman–Crippen LogP) is 0.484. The fourth-order valence-electron chi connectivity index (χ4n) is 1.52. The number of thiophene rings is 1. The van der Waals surface area contributed by atoms with E-state index in [0.29, 0.717) is 10.6 Å². The van der Waals surface area contributed by atoms with Crippen LogP contribution in [0.4, 0.5) is 5.69 Å². The molecule has 2 aromatic rings. The molecular formula is C11H12N4O2S. The summed E-state index contributed by atoms with van der Waals surface area (Å²) in [4.78, 5) is 26.8. The Kier molecular flexibility index (Phi) is 3.42. The molecule has 5 N–H and O–H groups in total. The summed E-state index contributed by atoms with van der Waals surface area (Å²) < 4.78 is 0.857. The van der Waals surface area contributed by atoms with Crippen molar-refractivity contribution in [2.24, 2.45) is 5.73 Å². The molecule has 0 aromatic carbocycles. The number of aromatic nitrogens is 1. The first-order valence-corrected chi connectivity index (χ1v) is 6.09. The molecule has 0 aliphatic rings. The summed E-state index contributed by atoms with van der Waals surface area (Å²) in [5.41, 5.74) is 11.3. The highest BCUT2D eigenvalue weighted by Crippen LogP contribution is 2.32. The van der Waals surface area contributed by atoms with Gasteiger partial charge in [-0.25, -0.2) is 0 Å². The van der Waals surface area contributed by atoms with Gasteiger partial charge in [-0.1, -0.05) is 0 Å². The summed E-state index contributed by atoms with van der Waals surface area (Å²) in [5, 5.41) is 3.42. The van der Waals surface area contributed by atoms with Crippen LogP contribution in [0, 0.1) is 0 Å². The molecule has 0 saturated carbocycles. The normalized spacial score (nSPS) is 10.4. The number of hydrogen-bond acceptors (Lipinski definition) is 5. The number of primary amides is 1. The molecule has 0 spiro atoms. The Labute approximate surface area is 107 Å². The van der Waals surface area contributed by atoms with Gasteiger partial charge in [0.05, 0.1) is 10.4 Å². The van der Waals surface area contributed by atoms with Crippen molar-refractivity contribution >= 4 is 38.9 Å². The summed E-state index contributed by atoms with van der Waals surface area (Å²) in [7, 11) is 0. The fourth-order valence-corrected chi connectivity index (χ4v) is 2.53. The highest BCUT2D eigenvalue weighted by molar-refractivity contribution is 7.21. The third-order valence-electron chi connectivity index (χ3n) is 2.39. The summed E-state index contributed by atoms with van der Waals surface area (Å²) >= 11 is 1.28. The van der Waals surface area contributed by atoms with E-state index < -0.39 is 5.91 Å². The first kappa shape index (κ1) is 12.3. The zero-order valence-corrected chi connectivity index (χ0v) is 10.3. The third kappa shape index (κ3) is 2.40. The lowest BCUT2D eigenvalue weighted by Crippen LogP contribution is -2.27. The van der Waals surface area contributed by atoms with Crippen molar-refractivity contribution in [1.82, 2.24) is 10.3 Å². The standard InChI is InChI=1S/C11H12N4O2S/c12-8(16)2-4-15-11(17)10-9(13)6-1-3-14-5-7(6)18-10/h1,3,5H,2,4,13H2,(H2,12,16)(H,15,17). The summed E-state index contributed by atoms with van der Waals surface area (Å²) in [5.74, 6) is -0.751. The lowest BCUT2D eigenvalue weighted by molar-refractivity contribution is -0.117. The van der Waals surface area contributed by atoms with Crippen LogP contribution < -0.4 is 16.8 Å².